The Hall–Kier alpha value is -1.24. The van der Waals surface area contributed by atoms with Crippen molar-refractivity contribution in [2.24, 2.45) is 11.8 Å². The number of aliphatic carboxylic acids is 2. The van der Waals surface area contributed by atoms with E-state index in [9.17, 15) is 14.2 Å². The van der Waals surface area contributed by atoms with Crippen molar-refractivity contribution in [1.29, 1.82) is 5.41 Å². The number of hydrogen-bond donors (Lipinski definition) is 5. The molecule has 8 nitrogen and oxygen atoms in total. The lowest BCUT2D eigenvalue weighted by atomic mass is 9.88. The minimum atomic E-state index is -5.08. The summed E-state index contributed by atoms with van der Waals surface area (Å²) in [6.07, 6.45) is 0.805. The van der Waals surface area contributed by atoms with Crippen LogP contribution in [0.5, 0.6) is 0 Å². The van der Waals surface area contributed by atoms with Gasteiger partial charge < -0.3 is 25.4 Å². The molecule has 3 unspecified atom stereocenters. The first-order valence-electron chi connectivity index (χ1n) is 4.62. The van der Waals surface area contributed by atoms with Crippen molar-refractivity contribution in [2.45, 2.75) is 19.0 Å². The first kappa shape index (κ1) is 15.8. The molecule has 0 aromatic rings. The molecule has 17 heavy (non-hydrogen) atoms. The lowest BCUT2D eigenvalue weighted by Gasteiger charge is -2.25. The lowest BCUT2D eigenvalue weighted by molar-refractivity contribution is -0.149. The van der Waals surface area contributed by atoms with Crippen LogP contribution in [0.4, 0.5) is 0 Å². The number of carbonyl (C=O) groups is 2. The summed E-state index contributed by atoms with van der Waals surface area (Å²) in [6, 6.07) is 0. The van der Waals surface area contributed by atoms with E-state index in [-0.39, 0.29) is 6.42 Å². The molecule has 0 aliphatic carbocycles. The minimum absolute atomic E-state index is 0.0687. The fourth-order valence-corrected chi connectivity index (χ4v) is 2.66. The predicted octanol–water partition coefficient (Wildman–Crippen LogP) is -0.00613. The Bertz CT molecular complexity index is 363. The molecule has 0 fully saturated rings. The Morgan fingerprint density at radius 2 is 1.76 bits per heavy atom. The average molecular weight is 267 g/mol. The molecule has 0 amide bonds. The second kappa shape index (κ2) is 5.90. The molecule has 0 spiro atoms. The van der Waals surface area contributed by atoms with Crippen molar-refractivity contribution in [3.8, 4) is 0 Å². The minimum Gasteiger partial charge on any atom is -0.481 e. The maximum Gasteiger partial charge on any atom is 0.340 e. The highest BCUT2D eigenvalue weighted by Gasteiger charge is 2.48. The standard InChI is InChI=1S/C8H14NO7P/c1-4(2-3-9)5(7(10)11)6(8(12)13)17(14,15)16/h3-6,9H,2H2,1H3,(H,10,11)(H,12,13)(H2,14,15,16). The molecule has 0 radical (unpaired) electrons. The van der Waals surface area contributed by atoms with Crippen LogP contribution in [0.25, 0.3) is 0 Å². The van der Waals surface area contributed by atoms with Crippen molar-refractivity contribution in [2.75, 3.05) is 0 Å². The predicted molar refractivity (Wildman–Crippen MR) is 57.2 cm³/mol. The third-order valence-corrected chi connectivity index (χ3v) is 3.61. The quantitative estimate of drug-likeness (QED) is 0.321. The van der Waals surface area contributed by atoms with E-state index in [0.717, 1.165) is 6.21 Å². The largest absolute Gasteiger partial charge is 0.481 e. The number of nitrogens with one attached hydrogen (secondary N) is 1. The summed E-state index contributed by atoms with van der Waals surface area (Å²) in [6.45, 7) is 1.33. The molecule has 0 bridgehead atoms. The van der Waals surface area contributed by atoms with Crippen molar-refractivity contribution < 1.29 is 34.2 Å². The SMILES string of the molecule is CC(CC=N)C(C(=O)O)C(C(=O)O)P(=O)(O)O. The zero-order chi connectivity index (χ0) is 13.8. The van der Waals surface area contributed by atoms with Gasteiger partial charge in [-0.15, -0.1) is 0 Å². The van der Waals surface area contributed by atoms with E-state index in [1.807, 2.05) is 0 Å². The third-order valence-electron chi connectivity index (χ3n) is 2.34. The molecule has 0 rings (SSSR count). The Labute approximate surface area is 96.9 Å². The zero-order valence-electron chi connectivity index (χ0n) is 8.98. The van der Waals surface area contributed by atoms with Crippen LogP contribution < -0.4 is 0 Å². The van der Waals surface area contributed by atoms with Crippen LogP contribution in [-0.2, 0) is 14.2 Å². The summed E-state index contributed by atoms with van der Waals surface area (Å²) in [5, 5.41) is 24.4. The van der Waals surface area contributed by atoms with E-state index in [4.69, 9.17) is 25.4 Å². The summed E-state index contributed by atoms with van der Waals surface area (Å²) in [4.78, 5) is 39.5. The summed E-state index contributed by atoms with van der Waals surface area (Å²) in [7, 11) is -5.08. The van der Waals surface area contributed by atoms with Crippen LogP contribution >= 0.6 is 7.60 Å². The van der Waals surface area contributed by atoms with Crippen molar-refractivity contribution in [1.82, 2.24) is 0 Å². The van der Waals surface area contributed by atoms with Gasteiger partial charge in [-0.05, 0) is 18.6 Å². The highest BCUT2D eigenvalue weighted by molar-refractivity contribution is 7.53. The van der Waals surface area contributed by atoms with Gasteiger partial charge in [-0.2, -0.15) is 0 Å². The number of hydrogen-bond acceptors (Lipinski definition) is 4. The molecule has 98 valence electrons. The van der Waals surface area contributed by atoms with Crippen LogP contribution in [0.2, 0.25) is 0 Å². The van der Waals surface area contributed by atoms with Crippen molar-refractivity contribution in [3.63, 3.8) is 0 Å². The van der Waals surface area contributed by atoms with Crippen LogP contribution in [0.15, 0.2) is 0 Å². The van der Waals surface area contributed by atoms with Crippen LogP contribution in [0.1, 0.15) is 13.3 Å². The molecular weight excluding hydrogens is 253 g/mol. The van der Waals surface area contributed by atoms with Gasteiger partial charge in [0.15, 0.2) is 5.66 Å². The summed E-state index contributed by atoms with van der Waals surface area (Å²) >= 11 is 0. The molecule has 9 heteroatoms. The fourth-order valence-electron chi connectivity index (χ4n) is 1.53. The molecule has 0 aromatic heterocycles. The maximum atomic E-state index is 11.0. The van der Waals surface area contributed by atoms with E-state index in [2.05, 4.69) is 0 Å². The molecule has 0 aromatic carbocycles. The van der Waals surface area contributed by atoms with Crippen LogP contribution in [-0.4, -0.2) is 43.8 Å². The zero-order valence-corrected chi connectivity index (χ0v) is 9.87. The van der Waals surface area contributed by atoms with Gasteiger partial charge in [0.1, 0.15) is 0 Å². The van der Waals surface area contributed by atoms with Gasteiger partial charge in [-0.3, -0.25) is 14.2 Å². The topological polar surface area (TPSA) is 156 Å². The van der Waals surface area contributed by atoms with Gasteiger partial charge >= 0.3 is 19.5 Å². The molecule has 0 heterocycles. The first-order valence-corrected chi connectivity index (χ1v) is 6.30. The monoisotopic (exact) mass is 267 g/mol. The van der Waals surface area contributed by atoms with Gasteiger partial charge in [-0.1, -0.05) is 6.92 Å². The van der Waals surface area contributed by atoms with E-state index < -0.39 is 37.0 Å². The molecular formula is C8H14NO7P. The molecule has 5 N–H and O–H groups in total. The fraction of sp³-hybridized carbons (Fsp3) is 0.625. The van der Waals surface area contributed by atoms with E-state index >= 15 is 0 Å². The second-order valence-electron chi connectivity index (χ2n) is 3.65. The first-order chi connectivity index (χ1) is 7.62. The summed E-state index contributed by atoms with van der Waals surface area (Å²) in [5.74, 6) is -6.06. The second-order valence-corrected chi connectivity index (χ2v) is 5.39. The molecule has 0 saturated heterocycles. The highest BCUT2D eigenvalue weighted by Crippen LogP contribution is 2.47. The van der Waals surface area contributed by atoms with Crippen molar-refractivity contribution in [3.05, 3.63) is 0 Å². The Kier molecular flexibility index (Phi) is 5.47. The van der Waals surface area contributed by atoms with Gasteiger partial charge in [0, 0.05) is 0 Å². The van der Waals surface area contributed by atoms with Gasteiger partial charge in [0.25, 0.3) is 0 Å². The lowest BCUT2D eigenvalue weighted by Crippen LogP contribution is -2.39. The number of carboxylic acids is 2. The van der Waals surface area contributed by atoms with Crippen LogP contribution in [0, 0.1) is 17.2 Å². The Morgan fingerprint density at radius 3 is 2.00 bits per heavy atom. The van der Waals surface area contributed by atoms with E-state index in [1.54, 1.807) is 0 Å². The number of rotatable bonds is 7. The third kappa shape index (κ3) is 4.26. The molecule has 3 atom stereocenters. The van der Waals surface area contributed by atoms with Crippen molar-refractivity contribution >= 4 is 25.7 Å². The van der Waals surface area contributed by atoms with E-state index in [1.165, 1.54) is 6.92 Å². The maximum absolute atomic E-state index is 11.0. The smallest absolute Gasteiger partial charge is 0.340 e. The Morgan fingerprint density at radius 1 is 1.29 bits per heavy atom. The molecule has 0 saturated carbocycles. The van der Waals surface area contributed by atoms with Gasteiger partial charge in [-0.25, -0.2) is 0 Å². The normalized spacial score (nSPS) is 16.9. The number of carboxylic acid groups (broad SMARTS) is 2. The van der Waals surface area contributed by atoms with Gasteiger partial charge in [0.2, 0.25) is 0 Å². The highest BCUT2D eigenvalue weighted by atomic mass is 31.2. The Balaban J connectivity index is 5.40. The van der Waals surface area contributed by atoms with Gasteiger partial charge in [0.05, 0.1) is 5.92 Å². The molecule has 0 aliphatic heterocycles. The summed E-state index contributed by atoms with van der Waals surface area (Å²) < 4.78 is 11.0. The average Bonchev–Trinajstić information content (AvgIpc) is 2.10. The molecule has 0 aliphatic rings. The summed E-state index contributed by atoms with van der Waals surface area (Å²) in [5.41, 5.74) is -2.30. The van der Waals surface area contributed by atoms with Crippen LogP contribution in [0.3, 0.4) is 0 Å². The van der Waals surface area contributed by atoms with E-state index in [0.29, 0.717) is 0 Å².